The second kappa shape index (κ2) is 8.59. The normalized spacial score (nSPS) is 11.9. The van der Waals surface area contributed by atoms with Crippen LogP contribution in [0.5, 0.6) is 0 Å². The van der Waals surface area contributed by atoms with E-state index in [1.165, 1.54) is 11.1 Å². The van der Waals surface area contributed by atoms with E-state index in [9.17, 15) is 10.1 Å². The molecule has 0 aliphatic carbocycles. The minimum absolute atomic E-state index is 0.331. The van der Waals surface area contributed by atoms with Crippen LogP contribution in [0.1, 0.15) is 77.0 Å². The van der Waals surface area contributed by atoms with Crippen molar-refractivity contribution in [2.75, 3.05) is 0 Å². The molecular weight excluding hydrogens is 384 g/mol. The molecule has 0 bridgehead atoms. The lowest BCUT2D eigenvalue weighted by Gasteiger charge is -2.21. The average molecular weight is 417 g/mol. The highest BCUT2D eigenvalue weighted by Gasteiger charge is 2.20. The van der Waals surface area contributed by atoms with Gasteiger partial charge in [0.1, 0.15) is 5.60 Å². The fraction of sp³-hybridized carbons (Fsp3) is 0.407. The van der Waals surface area contributed by atoms with Crippen molar-refractivity contribution in [2.24, 2.45) is 0 Å². The van der Waals surface area contributed by atoms with E-state index in [1.54, 1.807) is 10.8 Å². The predicted molar refractivity (Wildman–Crippen MR) is 127 cm³/mol. The first-order valence-corrected chi connectivity index (χ1v) is 10.9. The Morgan fingerprint density at radius 2 is 1.61 bits per heavy atom. The number of benzene rings is 2. The van der Waals surface area contributed by atoms with E-state index in [1.807, 2.05) is 32.9 Å². The predicted octanol–water partition coefficient (Wildman–Crippen LogP) is 7.40. The van der Waals surface area contributed by atoms with E-state index < -0.39 is 5.60 Å². The van der Waals surface area contributed by atoms with Gasteiger partial charge in [-0.2, -0.15) is 5.26 Å². The third-order valence-electron chi connectivity index (χ3n) is 5.43. The van der Waals surface area contributed by atoms with E-state index in [4.69, 9.17) is 4.74 Å². The van der Waals surface area contributed by atoms with Crippen molar-refractivity contribution >= 4 is 17.0 Å². The molecule has 0 saturated heterocycles. The highest BCUT2D eigenvalue weighted by Crippen LogP contribution is 2.35. The first-order valence-electron chi connectivity index (χ1n) is 10.9. The van der Waals surface area contributed by atoms with Crippen molar-refractivity contribution < 1.29 is 9.53 Å². The molecule has 4 heteroatoms. The molecule has 4 nitrogen and oxygen atoms in total. The van der Waals surface area contributed by atoms with Crippen molar-refractivity contribution in [2.45, 2.75) is 72.3 Å². The highest BCUT2D eigenvalue weighted by atomic mass is 16.6. The zero-order valence-corrected chi connectivity index (χ0v) is 19.6. The molecule has 0 aliphatic heterocycles. The van der Waals surface area contributed by atoms with E-state index in [-0.39, 0.29) is 6.09 Å². The smallest absolute Gasteiger partial charge is 0.418 e. The number of ether oxygens (including phenoxy) is 1. The highest BCUT2D eigenvalue weighted by molar-refractivity contribution is 5.92. The summed E-state index contributed by atoms with van der Waals surface area (Å²) in [5, 5.41) is 10.4. The molecule has 0 saturated carbocycles. The van der Waals surface area contributed by atoms with Crippen LogP contribution in [0, 0.1) is 11.3 Å². The maximum Gasteiger partial charge on any atom is 0.418 e. The van der Waals surface area contributed by atoms with Gasteiger partial charge in [0.2, 0.25) is 0 Å². The minimum atomic E-state index is -0.542. The lowest BCUT2D eigenvalue weighted by Crippen LogP contribution is -2.26. The molecule has 1 heterocycles. The Balaban J connectivity index is 2.10. The molecule has 0 N–H and O–H groups in total. The summed E-state index contributed by atoms with van der Waals surface area (Å²) in [5.74, 6) is 0.663. The molecule has 31 heavy (non-hydrogen) atoms. The van der Waals surface area contributed by atoms with Crippen LogP contribution in [0.25, 0.3) is 22.0 Å². The van der Waals surface area contributed by atoms with Crippen LogP contribution in [-0.4, -0.2) is 16.3 Å². The van der Waals surface area contributed by atoms with Gasteiger partial charge in [0, 0.05) is 11.6 Å². The standard InChI is InChI=1S/C27H32N2O2/c1-17(2)23-15-21(16-24(18(3)4)22(23)10-12-28)19-8-9-25-20(14-19)11-13-29(25)26(30)31-27(5,6)7/h8-9,11,13-18H,10H2,1-7H3. The Kier molecular flexibility index (Phi) is 6.27. The molecule has 162 valence electrons. The number of nitrogens with zero attached hydrogens (tertiary/aromatic N) is 2. The molecule has 0 unspecified atom stereocenters. The molecule has 0 atom stereocenters. The molecule has 1 aromatic heterocycles. The lowest BCUT2D eigenvalue weighted by atomic mass is 9.84. The Morgan fingerprint density at radius 1 is 1.00 bits per heavy atom. The number of fused-ring (bicyclic) bond motifs is 1. The van der Waals surface area contributed by atoms with E-state index in [0.717, 1.165) is 27.6 Å². The van der Waals surface area contributed by atoms with E-state index in [2.05, 4.69) is 58.0 Å². The van der Waals surface area contributed by atoms with Crippen LogP contribution < -0.4 is 0 Å². The Bertz CT molecular complexity index is 1130. The van der Waals surface area contributed by atoms with Crippen LogP contribution in [0.3, 0.4) is 0 Å². The number of carbonyl (C=O) groups excluding carboxylic acids is 1. The van der Waals surface area contributed by atoms with E-state index in [0.29, 0.717) is 18.3 Å². The first-order chi connectivity index (χ1) is 14.5. The van der Waals surface area contributed by atoms with Crippen molar-refractivity contribution in [1.29, 1.82) is 5.26 Å². The van der Waals surface area contributed by atoms with Gasteiger partial charge in [0.25, 0.3) is 0 Å². The van der Waals surface area contributed by atoms with Crippen molar-refractivity contribution in [3.8, 4) is 17.2 Å². The summed E-state index contributed by atoms with van der Waals surface area (Å²) in [6.45, 7) is 14.3. The third-order valence-corrected chi connectivity index (χ3v) is 5.43. The van der Waals surface area contributed by atoms with Gasteiger partial charge < -0.3 is 4.74 Å². The molecule has 0 spiro atoms. The molecule has 3 rings (SSSR count). The van der Waals surface area contributed by atoms with Gasteiger partial charge >= 0.3 is 6.09 Å². The fourth-order valence-corrected chi connectivity index (χ4v) is 3.99. The van der Waals surface area contributed by atoms with Gasteiger partial charge in [0.15, 0.2) is 0 Å². The van der Waals surface area contributed by atoms with Gasteiger partial charge in [-0.1, -0.05) is 45.9 Å². The largest absolute Gasteiger partial charge is 0.443 e. The molecule has 0 aliphatic rings. The summed E-state index contributed by atoms with van der Waals surface area (Å²) >= 11 is 0. The monoisotopic (exact) mass is 416 g/mol. The quantitative estimate of drug-likeness (QED) is 0.445. The van der Waals surface area contributed by atoms with Crippen LogP contribution in [0.4, 0.5) is 4.79 Å². The number of hydrogen-bond acceptors (Lipinski definition) is 3. The van der Waals surface area contributed by atoms with E-state index >= 15 is 0 Å². The lowest BCUT2D eigenvalue weighted by molar-refractivity contribution is 0.0544. The van der Waals surface area contributed by atoms with Crippen molar-refractivity contribution in [1.82, 2.24) is 4.57 Å². The van der Waals surface area contributed by atoms with Crippen LogP contribution >= 0.6 is 0 Å². The van der Waals surface area contributed by atoms with Crippen LogP contribution in [0.2, 0.25) is 0 Å². The third kappa shape index (κ3) is 4.82. The maximum atomic E-state index is 12.5. The van der Waals surface area contributed by atoms with Crippen LogP contribution in [-0.2, 0) is 11.2 Å². The minimum Gasteiger partial charge on any atom is -0.443 e. The molecule has 0 radical (unpaired) electrons. The summed E-state index contributed by atoms with van der Waals surface area (Å²) in [5.41, 5.74) is 6.14. The van der Waals surface area contributed by atoms with Gasteiger partial charge in [-0.05, 0) is 78.6 Å². The van der Waals surface area contributed by atoms with Gasteiger partial charge in [-0.25, -0.2) is 4.79 Å². The zero-order valence-electron chi connectivity index (χ0n) is 19.6. The number of hydrogen-bond donors (Lipinski definition) is 0. The SMILES string of the molecule is CC(C)c1cc(-c2ccc3c(ccn3C(=O)OC(C)(C)C)c2)cc(C(C)C)c1CC#N. The van der Waals surface area contributed by atoms with Gasteiger partial charge in [-0.15, -0.1) is 0 Å². The Labute approximate surface area is 185 Å². The van der Waals surface area contributed by atoms with Gasteiger partial charge in [0.05, 0.1) is 18.0 Å². The Morgan fingerprint density at radius 3 is 2.13 bits per heavy atom. The summed E-state index contributed by atoms with van der Waals surface area (Å²) < 4.78 is 7.08. The number of aromatic nitrogens is 1. The summed E-state index contributed by atoms with van der Waals surface area (Å²) in [7, 11) is 0. The summed E-state index contributed by atoms with van der Waals surface area (Å²) in [6, 6.07) is 14.9. The van der Waals surface area contributed by atoms with Crippen molar-refractivity contribution in [3.05, 3.63) is 59.3 Å². The maximum absolute atomic E-state index is 12.5. The average Bonchev–Trinajstić information content (AvgIpc) is 3.10. The number of carbonyl (C=O) groups is 1. The molecule has 3 aromatic rings. The van der Waals surface area contributed by atoms with Gasteiger partial charge in [-0.3, -0.25) is 4.57 Å². The summed E-state index contributed by atoms with van der Waals surface area (Å²) in [6.07, 6.45) is 1.82. The molecule has 0 amide bonds. The fourth-order valence-electron chi connectivity index (χ4n) is 3.99. The molecule has 2 aromatic carbocycles. The van der Waals surface area contributed by atoms with Crippen molar-refractivity contribution in [3.63, 3.8) is 0 Å². The van der Waals surface area contributed by atoms with Crippen LogP contribution in [0.15, 0.2) is 42.6 Å². The molecular formula is C27H32N2O2. The number of nitriles is 1. The molecule has 0 fully saturated rings. The second-order valence-electron chi connectivity index (χ2n) is 9.72. The Hall–Kier alpha value is -3.06. The topological polar surface area (TPSA) is 55.0 Å². The second-order valence-corrected chi connectivity index (χ2v) is 9.72. The zero-order chi connectivity index (χ0) is 22.9. The first kappa shape index (κ1) is 22.6. The number of rotatable bonds is 4. The summed E-state index contributed by atoms with van der Waals surface area (Å²) in [4.78, 5) is 12.5.